The van der Waals surface area contributed by atoms with Crippen LogP contribution in [0, 0.1) is 0 Å². The van der Waals surface area contributed by atoms with Gasteiger partial charge in [0.1, 0.15) is 11.7 Å². The quantitative estimate of drug-likeness (QED) is 0.443. The first-order valence-corrected chi connectivity index (χ1v) is 5.75. The van der Waals surface area contributed by atoms with Gasteiger partial charge in [0.15, 0.2) is 0 Å². The number of hydrogen-bond donors (Lipinski definition) is 4. The smallest absolute Gasteiger partial charge is 0.216 e. The monoisotopic (exact) mass is 249 g/mol. The summed E-state index contributed by atoms with van der Waals surface area (Å²) in [5.41, 5.74) is -1.58. The maximum atomic E-state index is 10.7. The molecule has 102 valence electrons. The average Bonchev–Trinajstić information content (AvgIpc) is 2.27. The summed E-state index contributed by atoms with van der Waals surface area (Å²) in [5, 5.41) is 31.4. The molecule has 1 amide bonds. The molecule has 0 fully saturated rings. The fourth-order valence-corrected chi connectivity index (χ4v) is 1.63. The second kappa shape index (κ2) is 7.60. The third-order valence-electron chi connectivity index (χ3n) is 2.77. The SMILES string of the molecule is CCOC(C)[C@](O)(CCNC(C)=O)[C@H](O)CO. The maximum absolute atomic E-state index is 10.7. The Morgan fingerprint density at radius 3 is 2.53 bits per heavy atom. The van der Waals surface area contributed by atoms with Gasteiger partial charge in [-0.1, -0.05) is 0 Å². The van der Waals surface area contributed by atoms with E-state index in [1.165, 1.54) is 6.92 Å². The number of aliphatic hydroxyl groups excluding tert-OH is 2. The maximum Gasteiger partial charge on any atom is 0.216 e. The average molecular weight is 249 g/mol. The summed E-state index contributed by atoms with van der Waals surface area (Å²) in [4.78, 5) is 10.7. The first-order valence-electron chi connectivity index (χ1n) is 5.75. The molecule has 4 N–H and O–H groups in total. The predicted octanol–water partition coefficient (Wildman–Crippen LogP) is -0.978. The molecule has 0 bridgehead atoms. The molecule has 0 aromatic rings. The van der Waals surface area contributed by atoms with E-state index in [9.17, 15) is 15.0 Å². The molecule has 0 saturated heterocycles. The Labute approximate surface area is 102 Å². The van der Waals surface area contributed by atoms with Crippen LogP contribution in [0.15, 0.2) is 0 Å². The molecule has 0 saturated carbocycles. The minimum atomic E-state index is -1.58. The van der Waals surface area contributed by atoms with Gasteiger partial charge in [0.05, 0.1) is 12.7 Å². The Morgan fingerprint density at radius 2 is 2.12 bits per heavy atom. The number of carbonyl (C=O) groups is 1. The molecule has 0 aliphatic heterocycles. The van der Waals surface area contributed by atoms with E-state index < -0.39 is 24.4 Å². The van der Waals surface area contributed by atoms with Crippen LogP contribution in [0.5, 0.6) is 0 Å². The fraction of sp³-hybridized carbons (Fsp3) is 0.909. The molecule has 6 heteroatoms. The van der Waals surface area contributed by atoms with Gasteiger partial charge in [-0.05, 0) is 20.3 Å². The Morgan fingerprint density at radius 1 is 1.53 bits per heavy atom. The number of carbonyl (C=O) groups excluding carboxylic acids is 1. The van der Waals surface area contributed by atoms with Gasteiger partial charge in [-0.2, -0.15) is 0 Å². The number of rotatable bonds is 8. The summed E-state index contributed by atoms with van der Waals surface area (Å²) in [7, 11) is 0. The molecule has 17 heavy (non-hydrogen) atoms. The topological polar surface area (TPSA) is 99.0 Å². The Hall–Kier alpha value is -0.690. The molecule has 0 aliphatic rings. The summed E-state index contributed by atoms with van der Waals surface area (Å²) >= 11 is 0. The summed E-state index contributed by atoms with van der Waals surface area (Å²) in [5.74, 6) is -0.213. The van der Waals surface area contributed by atoms with Crippen LogP contribution in [0.2, 0.25) is 0 Å². The van der Waals surface area contributed by atoms with Crippen molar-refractivity contribution in [3.8, 4) is 0 Å². The third-order valence-corrected chi connectivity index (χ3v) is 2.77. The molecule has 0 spiro atoms. The molecule has 0 radical (unpaired) electrons. The number of hydrogen-bond acceptors (Lipinski definition) is 5. The molecule has 6 nitrogen and oxygen atoms in total. The first kappa shape index (κ1) is 16.3. The van der Waals surface area contributed by atoms with E-state index in [1.54, 1.807) is 13.8 Å². The van der Waals surface area contributed by atoms with E-state index >= 15 is 0 Å². The largest absolute Gasteiger partial charge is 0.394 e. The van der Waals surface area contributed by atoms with Gasteiger partial charge in [-0.25, -0.2) is 0 Å². The molecule has 0 aromatic carbocycles. The summed E-state index contributed by atoms with van der Waals surface area (Å²) in [6, 6.07) is 0. The molecule has 0 aliphatic carbocycles. The van der Waals surface area contributed by atoms with Crippen molar-refractivity contribution in [3.63, 3.8) is 0 Å². The highest BCUT2D eigenvalue weighted by Gasteiger charge is 2.41. The van der Waals surface area contributed by atoms with Crippen LogP contribution < -0.4 is 5.32 Å². The van der Waals surface area contributed by atoms with Gasteiger partial charge in [0.25, 0.3) is 0 Å². The van der Waals surface area contributed by atoms with Crippen LogP contribution in [-0.2, 0) is 9.53 Å². The normalized spacial score (nSPS) is 18.2. The van der Waals surface area contributed by atoms with Gasteiger partial charge in [-0.15, -0.1) is 0 Å². The third kappa shape index (κ3) is 4.99. The van der Waals surface area contributed by atoms with Crippen molar-refractivity contribution in [2.45, 2.75) is 45.0 Å². The highest BCUT2D eigenvalue weighted by Crippen LogP contribution is 2.22. The minimum absolute atomic E-state index is 0.107. The van der Waals surface area contributed by atoms with Crippen LogP contribution in [0.25, 0.3) is 0 Å². The summed E-state index contributed by atoms with van der Waals surface area (Å²) < 4.78 is 5.25. The Balaban J connectivity index is 4.54. The number of aliphatic hydroxyl groups is 3. The predicted molar refractivity (Wildman–Crippen MR) is 62.4 cm³/mol. The number of amides is 1. The van der Waals surface area contributed by atoms with E-state index in [0.717, 1.165) is 0 Å². The van der Waals surface area contributed by atoms with Crippen LogP contribution in [0.3, 0.4) is 0 Å². The van der Waals surface area contributed by atoms with E-state index in [1.807, 2.05) is 0 Å². The highest BCUT2D eigenvalue weighted by molar-refractivity contribution is 5.72. The van der Waals surface area contributed by atoms with Gasteiger partial charge >= 0.3 is 0 Å². The second-order valence-corrected chi connectivity index (χ2v) is 4.02. The molecule has 0 heterocycles. The first-order chi connectivity index (χ1) is 7.88. The molecule has 1 unspecified atom stereocenters. The molecule has 3 atom stereocenters. The fourth-order valence-electron chi connectivity index (χ4n) is 1.63. The van der Waals surface area contributed by atoms with Gasteiger partial charge in [-0.3, -0.25) is 4.79 Å². The van der Waals surface area contributed by atoms with Crippen LogP contribution in [0.4, 0.5) is 0 Å². The Kier molecular flexibility index (Phi) is 7.29. The zero-order valence-electron chi connectivity index (χ0n) is 10.6. The van der Waals surface area contributed by atoms with Gasteiger partial charge < -0.3 is 25.4 Å². The van der Waals surface area contributed by atoms with Gasteiger partial charge in [0.2, 0.25) is 5.91 Å². The zero-order chi connectivity index (χ0) is 13.5. The minimum Gasteiger partial charge on any atom is -0.394 e. The molecule has 0 aromatic heterocycles. The van der Waals surface area contributed by atoms with Crippen molar-refractivity contribution in [3.05, 3.63) is 0 Å². The molecule has 0 rings (SSSR count). The lowest BCUT2D eigenvalue weighted by molar-refractivity contribution is -0.171. The van der Waals surface area contributed by atoms with E-state index in [2.05, 4.69) is 5.32 Å². The lowest BCUT2D eigenvalue weighted by atomic mass is 9.87. The number of nitrogens with one attached hydrogen (secondary N) is 1. The highest BCUT2D eigenvalue weighted by atomic mass is 16.5. The zero-order valence-corrected chi connectivity index (χ0v) is 10.6. The van der Waals surface area contributed by atoms with E-state index in [-0.39, 0.29) is 18.9 Å². The van der Waals surface area contributed by atoms with Crippen molar-refractivity contribution in [2.24, 2.45) is 0 Å². The van der Waals surface area contributed by atoms with E-state index in [0.29, 0.717) is 6.61 Å². The molecular weight excluding hydrogens is 226 g/mol. The van der Waals surface area contributed by atoms with Crippen molar-refractivity contribution in [2.75, 3.05) is 19.8 Å². The standard InChI is InChI=1S/C11H23NO5/c1-4-17-8(2)11(16,10(15)7-13)5-6-12-9(3)14/h8,10,13,15-16H,4-7H2,1-3H3,(H,12,14)/t8?,10-,11-/m1/s1. The van der Waals surface area contributed by atoms with Crippen LogP contribution >= 0.6 is 0 Å². The van der Waals surface area contributed by atoms with Crippen molar-refractivity contribution >= 4 is 5.91 Å². The summed E-state index contributed by atoms with van der Waals surface area (Å²) in [6.45, 7) is 4.80. The number of ether oxygens (including phenoxy) is 1. The van der Waals surface area contributed by atoms with Crippen molar-refractivity contribution in [1.29, 1.82) is 0 Å². The summed E-state index contributed by atoms with van der Waals surface area (Å²) in [6.07, 6.45) is -1.84. The van der Waals surface area contributed by atoms with E-state index in [4.69, 9.17) is 9.84 Å². The van der Waals surface area contributed by atoms with Crippen LogP contribution in [-0.4, -0.2) is 58.8 Å². The lowest BCUT2D eigenvalue weighted by Crippen LogP contribution is -2.55. The van der Waals surface area contributed by atoms with Crippen molar-refractivity contribution in [1.82, 2.24) is 5.32 Å². The van der Waals surface area contributed by atoms with Crippen molar-refractivity contribution < 1.29 is 24.9 Å². The lowest BCUT2D eigenvalue weighted by Gasteiger charge is -2.37. The van der Waals surface area contributed by atoms with Gasteiger partial charge in [0, 0.05) is 20.1 Å². The second-order valence-electron chi connectivity index (χ2n) is 4.02. The van der Waals surface area contributed by atoms with Crippen LogP contribution in [0.1, 0.15) is 27.2 Å². The molecular formula is C11H23NO5. The Bertz CT molecular complexity index is 236.